The van der Waals surface area contributed by atoms with Crippen LogP contribution in [0.4, 0.5) is 0 Å². The Bertz CT molecular complexity index is 843. The zero-order chi connectivity index (χ0) is 20.1. The Morgan fingerprint density at radius 3 is 2.31 bits per heavy atom. The minimum absolute atomic E-state index is 0.0584. The Hall–Kier alpha value is -2.99. The summed E-state index contributed by atoms with van der Waals surface area (Å²) < 4.78 is 6.03. The molecule has 2 heterocycles. The zero-order valence-corrected chi connectivity index (χ0v) is 16.3. The predicted octanol–water partition coefficient (Wildman–Crippen LogP) is 2.70. The van der Waals surface area contributed by atoms with Crippen LogP contribution in [-0.4, -0.2) is 48.2 Å². The molecule has 2 aromatic carbocycles. The summed E-state index contributed by atoms with van der Waals surface area (Å²) in [7, 11) is 0. The maximum absolute atomic E-state index is 12.8. The molecule has 1 saturated heterocycles. The fourth-order valence-corrected chi connectivity index (χ4v) is 3.96. The molecule has 6 heteroatoms. The quantitative estimate of drug-likeness (QED) is 0.852. The number of rotatable bonds is 5. The van der Waals surface area contributed by atoms with Gasteiger partial charge in [-0.1, -0.05) is 60.7 Å². The van der Waals surface area contributed by atoms with Crippen LogP contribution in [-0.2, 0) is 14.3 Å². The van der Waals surface area contributed by atoms with E-state index in [1.165, 1.54) is 11.1 Å². The Kier molecular flexibility index (Phi) is 6.00. The van der Waals surface area contributed by atoms with Gasteiger partial charge in [-0.15, -0.1) is 0 Å². The number of nitrogens with zero attached hydrogens (tertiary/aromatic N) is 2. The van der Waals surface area contributed by atoms with Crippen LogP contribution >= 0.6 is 0 Å². The second kappa shape index (κ2) is 9.01. The molecule has 0 bridgehead atoms. The lowest BCUT2D eigenvalue weighted by molar-refractivity contribution is -0.132. The van der Waals surface area contributed by atoms with E-state index in [1.807, 2.05) is 12.1 Å². The molecule has 4 rings (SSSR count). The maximum Gasteiger partial charge on any atom is 0.270 e. The lowest BCUT2D eigenvalue weighted by atomic mass is 9.86. The number of nitrogens with one attached hydrogen (secondary N) is 1. The number of hydrazone groups is 1. The van der Waals surface area contributed by atoms with Crippen molar-refractivity contribution in [3.63, 3.8) is 0 Å². The van der Waals surface area contributed by atoms with Gasteiger partial charge in [0.1, 0.15) is 5.71 Å². The summed E-state index contributed by atoms with van der Waals surface area (Å²) in [6.07, 6.45) is 1.43. The van der Waals surface area contributed by atoms with Crippen LogP contribution in [0.3, 0.4) is 0 Å². The minimum Gasteiger partial charge on any atom is -0.375 e. The Morgan fingerprint density at radius 2 is 1.72 bits per heavy atom. The molecule has 2 amide bonds. The van der Waals surface area contributed by atoms with E-state index in [2.05, 4.69) is 59.1 Å². The summed E-state index contributed by atoms with van der Waals surface area (Å²) in [6.45, 7) is 1.58. The molecule has 2 aliphatic heterocycles. The van der Waals surface area contributed by atoms with Gasteiger partial charge in [0, 0.05) is 31.8 Å². The molecular weight excluding hydrogens is 366 g/mol. The van der Waals surface area contributed by atoms with E-state index in [4.69, 9.17) is 4.74 Å². The van der Waals surface area contributed by atoms with Crippen LogP contribution in [0.1, 0.15) is 36.3 Å². The van der Waals surface area contributed by atoms with Gasteiger partial charge in [0.15, 0.2) is 0 Å². The number of amides is 2. The first-order valence-electron chi connectivity index (χ1n) is 10.1. The number of hydrogen-bond donors (Lipinski definition) is 1. The van der Waals surface area contributed by atoms with Gasteiger partial charge in [-0.2, -0.15) is 5.10 Å². The molecule has 0 aromatic heterocycles. The zero-order valence-electron chi connectivity index (χ0n) is 16.3. The summed E-state index contributed by atoms with van der Waals surface area (Å²) >= 11 is 0. The van der Waals surface area contributed by atoms with E-state index in [1.54, 1.807) is 4.90 Å². The van der Waals surface area contributed by atoms with Crippen molar-refractivity contribution in [1.82, 2.24) is 10.3 Å². The van der Waals surface area contributed by atoms with Crippen molar-refractivity contribution < 1.29 is 14.3 Å². The standard InChI is InChI=1S/C23H25N3O3/c27-22-12-11-21(24-25-22)23(28)26-13-14-29-19(16-26)15-20(17-7-3-1-4-8-17)18-9-5-2-6-10-18/h1-10,19-20H,11-16H2,(H,25,27). The Morgan fingerprint density at radius 1 is 1.07 bits per heavy atom. The van der Waals surface area contributed by atoms with Crippen LogP contribution < -0.4 is 5.43 Å². The fraction of sp³-hybridized carbons (Fsp3) is 0.348. The van der Waals surface area contributed by atoms with Gasteiger partial charge in [0.2, 0.25) is 5.91 Å². The largest absolute Gasteiger partial charge is 0.375 e. The van der Waals surface area contributed by atoms with Gasteiger partial charge in [0.25, 0.3) is 5.91 Å². The lowest BCUT2D eigenvalue weighted by Crippen LogP contribution is -2.49. The smallest absolute Gasteiger partial charge is 0.270 e. The molecule has 2 aromatic rings. The van der Waals surface area contributed by atoms with E-state index in [-0.39, 0.29) is 23.8 Å². The molecule has 1 N–H and O–H groups in total. The molecule has 6 nitrogen and oxygen atoms in total. The number of hydrogen-bond acceptors (Lipinski definition) is 4. The van der Waals surface area contributed by atoms with Crippen molar-refractivity contribution in [1.29, 1.82) is 0 Å². The summed E-state index contributed by atoms with van der Waals surface area (Å²) in [4.78, 5) is 25.9. The maximum atomic E-state index is 12.8. The van der Waals surface area contributed by atoms with Crippen molar-refractivity contribution in [2.24, 2.45) is 5.10 Å². The van der Waals surface area contributed by atoms with E-state index in [0.717, 1.165) is 6.42 Å². The highest BCUT2D eigenvalue weighted by Crippen LogP contribution is 2.31. The Labute approximate surface area is 170 Å². The normalized spacial score (nSPS) is 19.6. The van der Waals surface area contributed by atoms with Crippen molar-refractivity contribution in [2.75, 3.05) is 19.7 Å². The summed E-state index contributed by atoms with van der Waals surface area (Å²) in [5, 5.41) is 3.95. The van der Waals surface area contributed by atoms with Crippen LogP contribution in [0.15, 0.2) is 65.8 Å². The number of benzene rings is 2. The van der Waals surface area contributed by atoms with Crippen LogP contribution in [0.25, 0.3) is 0 Å². The van der Waals surface area contributed by atoms with E-state index < -0.39 is 0 Å². The second-order valence-electron chi connectivity index (χ2n) is 7.45. The minimum atomic E-state index is -0.144. The van der Waals surface area contributed by atoms with E-state index in [0.29, 0.717) is 38.2 Å². The molecule has 0 spiro atoms. The van der Waals surface area contributed by atoms with Gasteiger partial charge in [0.05, 0.1) is 12.7 Å². The van der Waals surface area contributed by atoms with Crippen molar-refractivity contribution in [3.05, 3.63) is 71.8 Å². The average Bonchev–Trinajstić information content (AvgIpc) is 2.79. The molecule has 150 valence electrons. The molecule has 1 atom stereocenters. The first kappa shape index (κ1) is 19.3. The fourth-order valence-electron chi connectivity index (χ4n) is 3.96. The first-order valence-corrected chi connectivity index (χ1v) is 10.1. The summed E-state index contributed by atoms with van der Waals surface area (Å²) in [6, 6.07) is 20.8. The average molecular weight is 391 g/mol. The molecular formula is C23H25N3O3. The predicted molar refractivity (Wildman–Crippen MR) is 110 cm³/mol. The molecule has 2 aliphatic rings. The third-order valence-corrected chi connectivity index (χ3v) is 5.48. The molecule has 1 fully saturated rings. The van der Waals surface area contributed by atoms with Crippen molar-refractivity contribution in [3.8, 4) is 0 Å². The van der Waals surface area contributed by atoms with E-state index in [9.17, 15) is 9.59 Å². The summed E-state index contributed by atoms with van der Waals surface area (Å²) in [5.74, 6) is -0.0481. The molecule has 0 radical (unpaired) electrons. The van der Waals surface area contributed by atoms with Crippen LogP contribution in [0.2, 0.25) is 0 Å². The number of morpholine rings is 1. The van der Waals surface area contributed by atoms with Crippen LogP contribution in [0.5, 0.6) is 0 Å². The molecule has 1 unspecified atom stereocenters. The van der Waals surface area contributed by atoms with Crippen molar-refractivity contribution >= 4 is 17.5 Å². The number of carbonyl (C=O) groups is 2. The van der Waals surface area contributed by atoms with E-state index >= 15 is 0 Å². The highest BCUT2D eigenvalue weighted by molar-refractivity contribution is 6.39. The third-order valence-electron chi connectivity index (χ3n) is 5.48. The molecule has 0 aliphatic carbocycles. The van der Waals surface area contributed by atoms with Gasteiger partial charge in [-0.3, -0.25) is 9.59 Å². The van der Waals surface area contributed by atoms with Crippen molar-refractivity contribution in [2.45, 2.75) is 31.3 Å². The lowest BCUT2D eigenvalue weighted by Gasteiger charge is -2.35. The summed E-state index contributed by atoms with van der Waals surface area (Å²) in [5.41, 5.74) is 5.31. The van der Waals surface area contributed by atoms with Gasteiger partial charge in [-0.05, 0) is 17.5 Å². The van der Waals surface area contributed by atoms with Gasteiger partial charge in [-0.25, -0.2) is 5.43 Å². The molecule has 29 heavy (non-hydrogen) atoms. The van der Waals surface area contributed by atoms with Crippen LogP contribution in [0, 0.1) is 0 Å². The number of ether oxygens (including phenoxy) is 1. The van der Waals surface area contributed by atoms with Gasteiger partial charge < -0.3 is 9.64 Å². The topological polar surface area (TPSA) is 71.0 Å². The monoisotopic (exact) mass is 391 g/mol. The third kappa shape index (κ3) is 4.71. The Balaban J connectivity index is 1.48. The SMILES string of the molecule is O=C1CCC(C(=O)N2CCOC(CC(c3ccccc3)c3ccccc3)C2)=NN1. The molecule has 0 saturated carbocycles. The highest BCUT2D eigenvalue weighted by atomic mass is 16.5. The number of carbonyl (C=O) groups excluding carboxylic acids is 2. The highest BCUT2D eigenvalue weighted by Gasteiger charge is 2.30. The second-order valence-corrected chi connectivity index (χ2v) is 7.45. The van der Waals surface area contributed by atoms with Gasteiger partial charge >= 0.3 is 0 Å². The first-order chi connectivity index (χ1) is 14.2.